The Bertz CT molecular complexity index is 461. The molecule has 0 aromatic heterocycles. The molecule has 110 valence electrons. The molecule has 0 radical (unpaired) electrons. The zero-order valence-corrected chi connectivity index (χ0v) is 13.3. The average molecular weight is 341 g/mol. The van der Waals surface area contributed by atoms with Crippen LogP contribution in [0.15, 0.2) is 22.7 Å². The summed E-state index contributed by atoms with van der Waals surface area (Å²) in [5.74, 6) is 1.37. The molecule has 1 aromatic rings. The minimum absolute atomic E-state index is 0.0481. The van der Waals surface area contributed by atoms with E-state index in [1.54, 1.807) is 0 Å². The summed E-state index contributed by atoms with van der Waals surface area (Å²) in [4.78, 5) is 11.6. The first-order valence-corrected chi connectivity index (χ1v) is 7.87. The maximum absolute atomic E-state index is 11.6. The van der Waals surface area contributed by atoms with Gasteiger partial charge in [0, 0.05) is 17.6 Å². The van der Waals surface area contributed by atoms with Gasteiger partial charge in [-0.2, -0.15) is 0 Å². The number of carbonyl (C=O) groups is 1. The lowest BCUT2D eigenvalue weighted by Crippen LogP contribution is -2.30. The molecule has 0 bridgehead atoms. The van der Waals surface area contributed by atoms with Gasteiger partial charge < -0.3 is 15.4 Å². The van der Waals surface area contributed by atoms with Crippen LogP contribution in [-0.2, 0) is 11.3 Å². The highest BCUT2D eigenvalue weighted by atomic mass is 79.9. The van der Waals surface area contributed by atoms with Crippen molar-refractivity contribution in [2.75, 3.05) is 19.7 Å². The Morgan fingerprint density at radius 1 is 1.45 bits per heavy atom. The number of amides is 1. The second kappa shape index (κ2) is 7.64. The monoisotopic (exact) mass is 340 g/mol. The molecule has 1 aliphatic rings. The summed E-state index contributed by atoms with van der Waals surface area (Å²) in [7, 11) is 0. The molecule has 2 N–H and O–H groups in total. The molecule has 0 atom stereocenters. The number of halogens is 1. The first-order chi connectivity index (χ1) is 9.69. The van der Waals surface area contributed by atoms with E-state index in [4.69, 9.17) is 4.74 Å². The van der Waals surface area contributed by atoms with Crippen molar-refractivity contribution < 1.29 is 9.53 Å². The first-order valence-electron chi connectivity index (χ1n) is 7.07. The van der Waals surface area contributed by atoms with E-state index in [1.807, 2.05) is 18.2 Å². The van der Waals surface area contributed by atoms with E-state index in [9.17, 15) is 4.79 Å². The number of nitrogens with one attached hydrogen (secondary N) is 2. The van der Waals surface area contributed by atoms with Gasteiger partial charge in [-0.25, -0.2) is 0 Å². The predicted molar refractivity (Wildman–Crippen MR) is 82.8 cm³/mol. The highest BCUT2D eigenvalue weighted by Crippen LogP contribution is 2.27. The molecule has 1 aromatic carbocycles. The lowest BCUT2D eigenvalue weighted by atomic mass is 10.2. The Balaban J connectivity index is 1.80. The summed E-state index contributed by atoms with van der Waals surface area (Å²) < 4.78 is 6.58. The van der Waals surface area contributed by atoms with Crippen LogP contribution in [-0.4, -0.2) is 25.6 Å². The Hall–Kier alpha value is -1.07. The fourth-order valence-corrected chi connectivity index (χ4v) is 2.20. The second-order valence-electron chi connectivity index (χ2n) is 5.07. The topological polar surface area (TPSA) is 50.4 Å². The largest absolute Gasteiger partial charge is 0.484 e. The third-order valence-electron chi connectivity index (χ3n) is 3.24. The van der Waals surface area contributed by atoms with Crippen molar-refractivity contribution in [2.24, 2.45) is 5.92 Å². The molecule has 0 aliphatic heterocycles. The molecular formula is C15H21BrN2O2. The quantitative estimate of drug-likeness (QED) is 0.764. The molecule has 1 saturated carbocycles. The van der Waals surface area contributed by atoms with Gasteiger partial charge in [-0.15, -0.1) is 0 Å². The van der Waals surface area contributed by atoms with Crippen molar-refractivity contribution in [2.45, 2.75) is 26.3 Å². The van der Waals surface area contributed by atoms with E-state index in [2.05, 4.69) is 33.5 Å². The molecule has 0 unspecified atom stereocenters. The number of carbonyl (C=O) groups excluding carboxylic acids is 1. The highest BCUT2D eigenvalue weighted by molar-refractivity contribution is 9.10. The maximum Gasteiger partial charge on any atom is 0.257 e. The smallest absolute Gasteiger partial charge is 0.257 e. The number of ether oxygens (including phenoxy) is 1. The molecule has 1 fully saturated rings. The van der Waals surface area contributed by atoms with Gasteiger partial charge in [0.2, 0.25) is 0 Å². The summed E-state index contributed by atoms with van der Waals surface area (Å²) >= 11 is 3.51. The Labute approximate surface area is 128 Å². The SMILES string of the molecule is CCNCc1cc(OCC(=O)NCC2CC2)ccc1Br. The van der Waals surface area contributed by atoms with Gasteiger partial charge >= 0.3 is 0 Å². The van der Waals surface area contributed by atoms with E-state index in [-0.39, 0.29) is 12.5 Å². The second-order valence-corrected chi connectivity index (χ2v) is 5.92. The van der Waals surface area contributed by atoms with Gasteiger partial charge in [0.15, 0.2) is 6.61 Å². The molecular weight excluding hydrogens is 320 g/mol. The number of rotatable bonds is 8. The van der Waals surface area contributed by atoms with Gasteiger partial charge in [-0.1, -0.05) is 22.9 Å². The average Bonchev–Trinajstić information content (AvgIpc) is 3.27. The predicted octanol–water partition coefficient (Wildman–Crippen LogP) is 2.46. The summed E-state index contributed by atoms with van der Waals surface area (Å²) in [6.45, 7) is 4.63. The molecule has 20 heavy (non-hydrogen) atoms. The van der Waals surface area contributed by atoms with Gasteiger partial charge in [-0.3, -0.25) is 4.79 Å². The standard InChI is InChI=1S/C15H21BrN2O2/c1-2-17-9-12-7-13(5-6-14(12)16)20-10-15(19)18-8-11-3-4-11/h5-7,11,17H,2-4,8-10H2,1H3,(H,18,19). The van der Waals surface area contributed by atoms with E-state index in [1.165, 1.54) is 12.8 Å². The molecule has 2 rings (SSSR count). The van der Waals surface area contributed by atoms with Crippen LogP contribution in [0, 0.1) is 5.92 Å². The third-order valence-corrected chi connectivity index (χ3v) is 4.01. The van der Waals surface area contributed by atoms with Crippen molar-refractivity contribution in [3.8, 4) is 5.75 Å². The molecule has 1 amide bonds. The van der Waals surface area contributed by atoms with Crippen LogP contribution in [0.3, 0.4) is 0 Å². The Morgan fingerprint density at radius 3 is 2.95 bits per heavy atom. The van der Waals surface area contributed by atoms with Crippen LogP contribution < -0.4 is 15.4 Å². The molecule has 5 heteroatoms. The molecule has 0 saturated heterocycles. The number of hydrogen-bond acceptors (Lipinski definition) is 3. The van der Waals surface area contributed by atoms with E-state index in [0.29, 0.717) is 5.92 Å². The lowest BCUT2D eigenvalue weighted by Gasteiger charge is -2.10. The van der Waals surface area contributed by atoms with E-state index in [0.717, 1.165) is 35.4 Å². The van der Waals surface area contributed by atoms with E-state index >= 15 is 0 Å². The number of benzene rings is 1. The Morgan fingerprint density at radius 2 is 2.25 bits per heavy atom. The van der Waals surface area contributed by atoms with Crippen molar-refractivity contribution >= 4 is 21.8 Å². The van der Waals surface area contributed by atoms with Crippen molar-refractivity contribution in [3.63, 3.8) is 0 Å². The first kappa shape index (κ1) is 15.3. The maximum atomic E-state index is 11.6. The van der Waals surface area contributed by atoms with Crippen molar-refractivity contribution in [1.82, 2.24) is 10.6 Å². The fraction of sp³-hybridized carbons (Fsp3) is 0.533. The lowest BCUT2D eigenvalue weighted by molar-refractivity contribution is -0.123. The third kappa shape index (κ3) is 5.13. The molecule has 1 aliphatic carbocycles. The minimum atomic E-state index is -0.0481. The molecule has 0 spiro atoms. The van der Waals surface area contributed by atoms with Gasteiger partial charge in [0.05, 0.1) is 0 Å². The fourth-order valence-electron chi connectivity index (χ4n) is 1.82. The zero-order chi connectivity index (χ0) is 14.4. The van der Waals surface area contributed by atoms with E-state index < -0.39 is 0 Å². The summed E-state index contributed by atoms with van der Waals surface area (Å²) in [5.41, 5.74) is 1.13. The highest BCUT2D eigenvalue weighted by Gasteiger charge is 2.21. The van der Waals surface area contributed by atoms with Crippen LogP contribution in [0.1, 0.15) is 25.3 Å². The van der Waals surface area contributed by atoms with Crippen LogP contribution in [0.5, 0.6) is 5.75 Å². The van der Waals surface area contributed by atoms with Gasteiger partial charge in [0.1, 0.15) is 5.75 Å². The normalized spacial score (nSPS) is 14.1. The minimum Gasteiger partial charge on any atom is -0.484 e. The van der Waals surface area contributed by atoms with Crippen molar-refractivity contribution in [3.05, 3.63) is 28.2 Å². The molecule has 4 nitrogen and oxygen atoms in total. The number of hydrogen-bond donors (Lipinski definition) is 2. The summed E-state index contributed by atoms with van der Waals surface area (Å²) in [6, 6.07) is 5.78. The van der Waals surface area contributed by atoms with Crippen LogP contribution in [0.25, 0.3) is 0 Å². The van der Waals surface area contributed by atoms with Gasteiger partial charge in [-0.05, 0) is 49.1 Å². The Kier molecular flexibility index (Phi) is 5.86. The van der Waals surface area contributed by atoms with Crippen LogP contribution >= 0.6 is 15.9 Å². The van der Waals surface area contributed by atoms with Gasteiger partial charge in [0.25, 0.3) is 5.91 Å². The summed E-state index contributed by atoms with van der Waals surface area (Å²) in [6.07, 6.45) is 2.48. The van der Waals surface area contributed by atoms with Crippen molar-refractivity contribution in [1.29, 1.82) is 0 Å². The van der Waals surface area contributed by atoms with Crippen LogP contribution in [0.2, 0.25) is 0 Å². The molecule has 0 heterocycles. The summed E-state index contributed by atoms with van der Waals surface area (Å²) in [5, 5.41) is 6.16. The van der Waals surface area contributed by atoms with Crippen LogP contribution in [0.4, 0.5) is 0 Å². The zero-order valence-electron chi connectivity index (χ0n) is 11.7.